The Morgan fingerprint density at radius 1 is 1.23 bits per heavy atom. The van der Waals surface area contributed by atoms with Crippen LogP contribution in [-0.2, 0) is 21.7 Å². The molecule has 0 spiro atoms. The summed E-state index contributed by atoms with van der Waals surface area (Å²) in [5.41, 5.74) is 2.08. The number of aryl methyl sites for hydroxylation is 1. The van der Waals surface area contributed by atoms with Crippen LogP contribution in [0.3, 0.4) is 0 Å². The minimum atomic E-state index is -1.03. The van der Waals surface area contributed by atoms with Gasteiger partial charge in [-0.05, 0) is 68.7 Å². The van der Waals surface area contributed by atoms with E-state index in [9.17, 15) is 14.7 Å². The molecule has 0 saturated carbocycles. The lowest BCUT2D eigenvalue weighted by atomic mass is 10.0. The molecule has 1 amide bonds. The zero-order valence-electron chi connectivity index (χ0n) is 20.5. The zero-order valence-corrected chi connectivity index (χ0v) is 21.3. The number of hydrogen-bond acceptors (Lipinski definition) is 7. The van der Waals surface area contributed by atoms with Gasteiger partial charge in [0.1, 0.15) is 27.1 Å². The van der Waals surface area contributed by atoms with Gasteiger partial charge in [0.25, 0.3) is 0 Å². The SMILES string of the molecule is COC(C)(C)c1nnc(-c2ccc(Oc3cc(C(=O)O)cc(C)c3CN3CC(C)CC3=O)cc2)s1. The first-order chi connectivity index (χ1) is 16.6. The molecule has 0 bridgehead atoms. The number of carboxylic acid groups (broad SMARTS) is 1. The molecule has 0 aliphatic carbocycles. The van der Waals surface area contributed by atoms with Gasteiger partial charge in [-0.3, -0.25) is 4.79 Å². The van der Waals surface area contributed by atoms with Gasteiger partial charge in [0.15, 0.2) is 0 Å². The smallest absolute Gasteiger partial charge is 0.335 e. The van der Waals surface area contributed by atoms with Crippen LogP contribution >= 0.6 is 11.3 Å². The maximum absolute atomic E-state index is 12.4. The molecular weight excluding hydrogens is 466 g/mol. The third-order valence-corrected chi connectivity index (χ3v) is 7.49. The highest BCUT2D eigenvalue weighted by molar-refractivity contribution is 7.14. The molecule has 4 rings (SSSR count). The van der Waals surface area contributed by atoms with Crippen molar-refractivity contribution >= 4 is 23.2 Å². The fraction of sp³-hybridized carbons (Fsp3) is 0.385. The van der Waals surface area contributed by atoms with Crippen LogP contribution < -0.4 is 4.74 Å². The van der Waals surface area contributed by atoms with Crippen LogP contribution in [0.15, 0.2) is 36.4 Å². The molecule has 3 aromatic rings. The van der Waals surface area contributed by atoms with Gasteiger partial charge in [0.05, 0.1) is 5.56 Å². The molecule has 1 unspecified atom stereocenters. The molecule has 1 aromatic heterocycles. The Morgan fingerprint density at radius 2 is 1.94 bits per heavy atom. The summed E-state index contributed by atoms with van der Waals surface area (Å²) >= 11 is 1.46. The second kappa shape index (κ2) is 9.75. The lowest BCUT2D eigenvalue weighted by Crippen LogP contribution is -2.25. The van der Waals surface area contributed by atoms with Crippen molar-refractivity contribution in [3.63, 3.8) is 0 Å². The van der Waals surface area contributed by atoms with Crippen LogP contribution in [0, 0.1) is 12.8 Å². The quantitative estimate of drug-likeness (QED) is 0.455. The van der Waals surface area contributed by atoms with Crippen molar-refractivity contribution in [2.24, 2.45) is 5.92 Å². The topological polar surface area (TPSA) is 102 Å². The van der Waals surface area contributed by atoms with Crippen molar-refractivity contribution in [1.29, 1.82) is 0 Å². The monoisotopic (exact) mass is 495 g/mol. The van der Waals surface area contributed by atoms with Gasteiger partial charge >= 0.3 is 5.97 Å². The molecule has 1 aliphatic rings. The first-order valence-electron chi connectivity index (χ1n) is 11.4. The van der Waals surface area contributed by atoms with Crippen LogP contribution in [-0.4, -0.2) is 45.7 Å². The number of carbonyl (C=O) groups is 2. The van der Waals surface area contributed by atoms with Gasteiger partial charge in [0, 0.05) is 37.7 Å². The predicted molar refractivity (Wildman–Crippen MR) is 133 cm³/mol. The highest BCUT2D eigenvalue weighted by Gasteiger charge is 2.28. The summed E-state index contributed by atoms with van der Waals surface area (Å²) in [4.78, 5) is 25.8. The van der Waals surface area contributed by atoms with E-state index in [0.717, 1.165) is 26.7 Å². The molecule has 1 fully saturated rings. The Kier molecular flexibility index (Phi) is 6.91. The molecule has 1 aliphatic heterocycles. The van der Waals surface area contributed by atoms with E-state index in [2.05, 4.69) is 17.1 Å². The first kappa shape index (κ1) is 24.8. The number of nitrogens with zero attached hydrogens (tertiary/aromatic N) is 3. The Morgan fingerprint density at radius 3 is 2.54 bits per heavy atom. The number of aromatic carboxylic acids is 1. The van der Waals surface area contributed by atoms with Crippen LogP contribution in [0.5, 0.6) is 11.5 Å². The maximum Gasteiger partial charge on any atom is 0.335 e. The van der Waals surface area contributed by atoms with E-state index < -0.39 is 11.6 Å². The average Bonchev–Trinajstić information content (AvgIpc) is 3.43. The van der Waals surface area contributed by atoms with Gasteiger partial charge in [0.2, 0.25) is 5.91 Å². The van der Waals surface area contributed by atoms with Crippen LogP contribution in [0.1, 0.15) is 53.7 Å². The molecule has 1 N–H and O–H groups in total. The summed E-state index contributed by atoms with van der Waals surface area (Å²) in [6.45, 7) is 8.83. The maximum atomic E-state index is 12.4. The summed E-state index contributed by atoms with van der Waals surface area (Å²) in [5.74, 6) is 0.357. The molecule has 2 aromatic carbocycles. The standard InChI is InChI=1S/C26H29N3O5S/c1-15-10-22(30)29(13-15)14-20-16(2)11-18(24(31)32)12-21(20)34-19-8-6-17(7-9-19)23-27-28-25(35-23)26(3,4)33-5/h6-9,11-12,15H,10,13-14H2,1-5H3,(H,31,32). The number of aromatic nitrogens is 2. The van der Waals surface area contributed by atoms with E-state index in [1.165, 1.54) is 17.4 Å². The number of likely N-dealkylation sites (tertiary alicyclic amines) is 1. The normalized spacial score (nSPS) is 16.1. The van der Waals surface area contributed by atoms with Crippen LogP contribution in [0.2, 0.25) is 0 Å². The zero-order chi connectivity index (χ0) is 25.3. The summed E-state index contributed by atoms with van der Waals surface area (Å²) in [6, 6.07) is 10.5. The molecule has 0 radical (unpaired) electrons. The van der Waals surface area contributed by atoms with E-state index in [4.69, 9.17) is 9.47 Å². The first-order valence-corrected chi connectivity index (χ1v) is 12.2. The Balaban J connectivity index is 1.60. The summed E-state index contributed by atoms with van der Waals surface area (Å²) in [5, 5.41) is 19.6. The number of rotatable bonds is 8. The van der Waals surface area contributed by atoms with E-state index in [1.54, 1.807) is 18.1 Å². The van der Waals surface area contributed by atoms with Crippen molar-refractivity contribution in [2.45, 2.75) is 46.3 Å². The number of amides is 1. The van der Waals surface area contributed by atoms with Gasteiger partial charge in [-0.2, -0.15) is 0 Å². The Labute approximate surface area is 208 Å². The number of methoxy groups -OCH3 is 1. The largest absolute Gasteiger partial charge is 0.478 e. The highest BCUT2D eigenvalue weighted by Crippen LogP contribution is 2.35. The number of ether oxygens (including phenoxy) is 2. The third kappa shape index (κ3) is 5.36. The van der Waals surface area contributed by atoms with Gasteiger partial charge in [-0.25, -0.2) is 4.79 Å². The van der Waals surface area contributed by atoms with Crippen molar-refractivity contribution < 1.29 is 24.2 Å². The number of carboxylic acids is 1. The second-order valence-electron chi connectivity index (χ2n) is 9.41. The lowest BCUT2D eigenvalue weighted by Gasteiger charge is -2.21. The van der Waals surface area contributed by atoms with E-state index in [1.807, 2.05) is 45.0 Å². The van der Waals surface area contributed by atoms with Crippen molar-refractivity contribution in [3.05, 3.63) is 58.1 Å². The third-order valence-electron chi connectivity index (χ3n) is 6.22. The number of benzene rings is 2. The van der Waals surface area contributed by atoms with Crippen molar-refractivity contribution in [1.82, 2.24) is 15.1 Å². The fourth-order valence-electron chi connectivity index (χ4n) is 3.98. The number of carbonyl (C=O) groups excluding carboxylic acids is 1. The predicted octanol–water partition coefficient (Wildman–Crippen LogP) is 5.25. The molecule has 184 valence electrons. The second-order valence-corrected chi connectivity index (χ2v) is 10.4. The number of hydrogen-bond donors (Lipinski definition) is 1. The molecular formula is C26H29N3O5S. The molecule has 2 heterocycles. The van der Waals surface area contributed by atoms with E-state index in [0.29, 0.717) is 36.9 Å². The minimum absolute atomic E-state index is 0.0996. The molecule has 1 saturated heterocycles. The Hall–Kier alpha value is -3.30. The van der Waals surface area contributed by atoms with E-state index >= 15 is 0 Å². The fourth-order valence-corrected chi connectivity index (χ4v) is 4.91. The molecule has 1 atom stereocenters. The summed E-state index contributed by atoms with van der Waals surface area (Å²) in [6.07, 6.45) is 0.527. The van der Waals surface area contributed by atoms with Crippen LogP contribution in [0.25, 0.3) is 10.6 Å². The summed E-state index contributed by atoms with van der Waals surface area (Å²) < 4.78 is 11.7. The summed E-state index contributed by atoms with van der Waals surface area (Å²) in [7, 11) is 1.64. The van der Waals surface area contributed by atoms with Gasteiger partial charge in [-0.15, -0.1) is 10.2 Å². The lowest BCUT2D eigenvalue weighted by molar-refractivity contribution is -0.128. The van der Waals surface area contributed by atoms with Crippen molar-refractivity contribution in [2.75, 3.05) is 13.7 Å². The molecule has 8 nitrogen and oxygen atoms in total. The Bertz CT molecular complexity index is 1250. The van der Waals surface area contributed by atoms with Gasteiger partial charge < -0.3 is 19.5 Å². The minimum Gasteiger partial charge on any atom is -0.478 e. The van der Waals surface area contributed by atoms with Gasteiger partial charge in [-0.1, -0.05) is 18.3 Å². The molecule has 9 heteroatoms. The highest BCUT2D eigenvalue weighted by atomic mass is 32.1. The molecule has 35 heavy (non-hydrogen) atoms. The van der Waals surface area contributed by atoms with Crippen LogP contribution in [0.4, 0.5) is 0 Å². The van der Waals surface area contributed by atoms with Crippen molar-refractivity contribution in [3.8, 4) is 22.1 Å². The average molecular weight is 496 g/mol. The van der Waals surface area contributed by atoms with E-state index in [-0.39, 0.29) is 11.5 Å².